The Bertz CT molecular complexity index is 727. The second kappa shape index (κ2) is 4.06. The van der Waals surface area contributed by atoms with Gasteiger partial charge in [0.05, 0.1) is 29.0 Å². The van der Waals surface area contributed by atoms with Gasteiger partial charge in [0.25, 0.3) is 0 Å². The number of carbonyl (C=O) groups is 3. The molecule has 0 aromatic heterocycles. The largest absolute Gasteiger partial charge is 0.338 e. The smallest absolute Gasteiger partial charge is 0.240 e. The summed E-state index contributed by atoms with van der Waals surface area (Å²) in [4.78, 5) is 41.2. The van der Waals surface area contributed by atoms with Gasteiger partial charge >= 0.3 is 0 Å². The van der Waals surface area contributed by atoms with Crippen LogP contribution in [0.25, 0.3) is 0 Å². The lowest BCUT2D eigenvalue weighted by molar-refractivity contribution is -0.157. The Morgan fingerprint density at radius 1 is 1.05 bits per heavy atom. The third kappa shape index (κ3) is 1.36. The molecule has 5 nitrogen and oxygen atoms in total. The molecular weight excluding hydrogens is 280 g/mol. The monoisotopic (exact) mass is 296 g/mol. The fourth-order valence-corrected chi connectivity index (χ4v) is 4.11. The van der Waals surface area contributed by atoms with Crippen molar-refractivity contribution in [3.8, 4) is 0 Å². The highest BCUT2D eigenvalue weighted by atomic mass is 16.2. The number of amides is 3. The lowest BCUT2D eigenvalue weighted by Gasteiger charge is -2.49. The van der Waals surface area contributed by atoms with E-state index in [0.29, 0.717) is 5.69 Å². The molecule has 4 aliphatic rings. The number of anilines is 1. The molecule has 1 aromatic rings. The van der Waals surface area contributed by atoms with Crippen LogP contribution in [0.15, 0.2) is 42.5 Å². The van der Waals surface area contributed by atoms with E-state index in [1.54, 1.807) is 49.2 Å². The van der Waals surface area contributed by atoms with E-state index in [1.807, 2.05) is 12.1 Å². The maximum atomic E-state index is 12.9. The van der Waals surface area contributed by atoms with Crippen LogP contribution < -0.4 is 4.90 Å². The van der Waals surface area contributed by atoms with Crippen LogP contribution in [0.4, 0.5) is 5.69 Å². The summed E-state index contributed by atoms with van der Waals surface area (Å²) in [5.41, 5.74) is -0.352. The molecular formula is C17H16N2O3. The van der Waals surface area contributed by atoms with Crippen molar-refractivity contribution in [3.05, 3.63) is 42.5 Å². The Balaban J connectivity index is 1.85. The van der Waals surface area contributed by atoms with Gasteiger partial charge in [-0.25, -0.2) is 4.90 Å². The maximum Gasteiger partial charge on any atom is 0.240 e. The molecule has 3 heterocycles. The molecule has 1 aromatic carbocycles. The van der Waals surface area contributed by atoms with E-state index in [0.717, 1.165) is 0 Å². The van der Waals surface area contributed by atoms with Gasteiger partial charge in [-0.2, -0.15) is 0 Å². The summed E-state index contributed by atoms with van der Waals surface area (Å²) in [5, 5.41) is 0. The summed E-state index contributed by atoms with van der Waals surface area (Å²) < 4.78 is 0. The van der Waals surface area contributed by atoms with E-state index >= 15 is 0 Å². The Labute approximate surface area is 128 Å². The lowest BCUT2D eigenvalue weighted by Crippen LogP contribution is -2.62. The van der Waals surface area contributed by atoms with Gasteiger partial charge < -0.3 is 4.90 Å². The second-order valence-corrected chi connectivity index (χ2v) is 6.40. The van der Waals surface area contributed by atoms with Crippen LogP contribution in [0.5, 0.6) is 0 Å². The number of imide groups is 1. The Morgan fingerprint density at radius 2 is 1.73 bits per heavy atom. The second-order valence-electron chi connectivity index (χ2n) is 6.40. The molecule has 0 radical (unpaired) electrons. The van der Waals surface area contributed by atoms with E-state index in [1.165, 1.54) is 4.90 Å². The number of carbonyl (C=O) groups excluding carboxylic acids is 3. The van der Waals surface area contributed by atoms with Crippen LogP contribution in [0.2, 0.25) is 0 Å². The van der Waals surface area contributed by atoms with Crippen molar-refractivity contribution in [2.24, 2.45) is 17.3 Å². The van der Waals surface area contributed by atoms with E-state index in [9.17, 15) is 14.4 Å². The van der Waals surface area contributed by atoms with Crippen LogP contribution in [0.3, 0.4) is 0 Å². The minimum atomic E-state index is -0.926. The summed E-state index contributed by atoms with van der Waals surface area (Å²) in [6.07, 6.45) is 3.70. The van der Waals surface area contributed by atoms with Crippen molar-refractivity contribution < 1.29 is 14.4 Å². The molecule has 0 N–H and O–H groups in total. The summed E-state index contributed by atoms with van der Waals surface area (Å²) in [7, 11) is 1.70. The number of nitrogens with zero attached hydrogens (tertiary/aromatic N) is 2. The zero-order chi connectivity index (χ0) is 15.6. The predicted octanol–water partition coefficient (Wildman–Crippen LogP) is 1.21. The Hall–Kier alpha value is -2.43. The number of para-hydroxylation sites is 1. The predicted molar refractivity (Wildman–Crippen MR) is 79.7 cm³/mol. The highest BCUT2D eigenvalue weighted by molar-refractivity contribution is 6.24. The third-order valence-corrected chi connectivity index (χ3v) is 5.25. The topological polar surface area (TPSA) is 57.7 Å². The normalized spacial score (nSPS) is 36.3. The van der Waals surface area contributed by atoms with Crippen molar-refractivity contribution in [3.63, 3.8) is 0 Å². The molecule has 0 saturated carbocycles. The molecule has 2 saturated heterocycles. The number of rotatable bonds is 1. The van der Waals surface area contributed by atoms with Crippen molar-refractivity contribution >= 4 is 23.4 Å². The highest BCUT2D eigenvalue weighted by Gasteiger charge is 2.66. The van der Waals surface area contributed by atoms with Gasteiger partial charge in [0.1, 0.15) is 0 Å². The molecule has 22 heavy (non-hydrogen) atoms. The summed E-state index contributed by atoms with van der Waals surface area (Å²) in [6, 6.07) is 8.59. The van der Waals surface area contributed by atoms with Crippen molar-refractivity contribution in [2.75, 3.05) is 11.9 Å². The molecule has 5 heteroatoms. The van der Waals surface area contributed by atoms with Crippen molar-refractivity contribution in [2.45, 2.75) is 13.0 Å². The first-order chi connectivity index (χ1) is 10.5. The van der Waals surface area contributed by atoms with E-state index in [-0.39, 0.29) is 23.8 Å². The van der Waals surface area contributed by atoms with Crippen LogP contribution in [0, 0.1) is 17.3 Å². The molecule has 112 valence electrons. The third-order valence-electron chi connectivity index (χ3n) is 5.25. The van der Waals surface area contributed by atoms with Crippen LogP contribution in [0.1, 0.15) is 6.92 Å². The molecule has 2 fully saturated rings. The standard InChI is InChI=1S/C17H16N2O3/c1-17-9-8-11(18(2)16(17)22)12-13(17)15(21)19(14(12)20)10-6-4-3-5-7-10/h3-9,11-13H,1-2H3/t11-,12+,13-,17+/m0/s1. The van der Waals surface area contributed by atoms with Crippen molar-refractivity contribution in [1.29, 1.82) is 0 Å². The first-order valence-corrected chi connectivity index (χ1v) is 7.36. The number of piperidine rings is 1. The average molecular weight is 296 g/mol. The molecule has 5 rings (SSSR count). The lowest BCUT2D eigenvalue weighted by atomic mass is 9.61. The number of benzene rings is 1. The Morgan fingerprint density at radius 3 is 2.41 bits per heavy atom. The summed E-state index contributed by atoms with van der Waals surface area (Å²) in [6.45, 7) is 1.76. The van der Waals surface area contributed by atoms with E-state index in [4.69, 9.17) is 0 Å². The minimum Gasteiger partial charge on any atom is -0.338 e. The quantitative estimate of drug-likeness (QED) is 0.578. The molecule has 3 aliphatic heterocycles. The average Bonchev–Trinajstić information content (AvgIpc) is 2.79. The molecule has 0 unspecified atom stereocenters. The minimum absolute atomic E-state index is 0.0858. The van der Waals surface area contributed by atoms with Gasteiger partial charge in [-0.15, -0.1) is 0 Å². The summed E-state index contributed by atoms with van der Waals surface area (Å²) >= 11 is 0. The van der Waals surface area contributed by atoms with Gasteiger partial charge in [0, 0.05) is 7.05 Å². The van der Waals surface area contributed by atoms with Gasteiger partial charge in [-0.3, -0.25) is 14.4 Å². The molecule has 3 amide bonds. The number of hydrogen-bond donors (Lipinski definition) is 0. The first kappa shape index (κ1) is 13.2. The number of fused-ring (bicyclic) bond motifs is 1. The molecule has 2 bridgehead atoms. The number of likely N-dealkylation sites (N-methyl/N-ethyl adjacent to an activating group) is 1. The fraction of sp³-hybridized carbons (Fsp3) is 0.353. The molecule has 1 aliphatic carbocycles. The SMILES string of the molecule is CN1C(=O)[C@]2(C)C=C[C@H]1[C@H]1C(=O)N(c3ccccc3)C(=O)[C@H]12. The maximum absolute atomic E-state index is 12.9. The van der Waals surface area contributed by atoms with Crippen LogP contribution in [-0.2, 0) is 14.4 Å². The summed E-state index contributed by atoms with van der Waals surface area (Å²) in [5.74, 6) is -1.64. The molecule has 4 atom stereocenters. The zero-order valence-corrected chi connectivity index (χ0v) is 12.4. The zero-order valence-electron chi connectivity index (χ0n) is 12.4. The van der Waals surface area contributed by atoms with E-state index in [2.05, 4.69) is 0 Å². The van der Waals surface area contributed by atoms with Gasteiger partial charge in [-0.1, -0.05) is 30.4 Å². The van der Waals surface area contributed by atoms with Gasteiger partial charge in [0.2, 0.25) is 17.7 Å². The Kier molecular flexibility index (Phi) is 2.45. The van der Waals surface area contributed by atoms with E-state index < -0.39 is 17.3 Å². The van der Waals surface area contributed by atoms with Crippen LogP contribution >= 0.6 is 0 Å². The van der Waals surface area contributed by atoms with Gasteiger partial charge in [-0.05, 0) is 19.1 Å². The van der Waals surface area contributed by atoms with Gasteiger partial charge in [0.15, 0.2) is 0 Å². The molecule has 0 spiro atoms. The van der Waals surface area contributed by atoms with Crippen LogP contribution in [-0.4, -0.2) is 35.7 Å². The van der Waals surface area contributed by atoms with Crippen molar-refractivity contribution in [1.82, 2.24) is 4.90 Å². The number of hydrogen-bond acceptors (Lipinski definition) is 3. The first-order valence-electron chi connectivity index (χ1n) is 7.36. The highest BCUT2D eigenvalue weighted by Crippen LogP contribution is 2.52. The fourth-order valence-electron chi connectivity index (χ4n) is 4.11.